The van der Waals surface area contributed by atoms with Gasteiger partial charge >= 0.3 is 0 Å². The van der Waals surface area contributed by atoms with Gasteiger partial charge in [0.15, 0.2) is 0 Å². The van der Waals surface area contributed by atoms with Crippen LogP contribution in [-0.4, -0.2) is 37.0 Å². The standard InChI is InChI=1S/C11H25NO2/c1-11(2,3)14-10-8-12-7-5-4-6-9-13/h12-13H,4-10H2,1-3H3. The number of rotatable bonds is 8. The quantitative estimate of drug-likeness (QED) is 0.588. The van der Waals surface area contributed by atoms with Crippen LogP contribution in [0.5, 0.6) is 0 Å². The van der Waals surface area contributed by atoms with Crippen molar-refractivity contribution < 1.29 is 9.84 Å². The van der Waals surface area contributed by atoms with Crippen molar-refractivity contribution in [2.24, 2.45) is 0 Å². The summed E-state index contributed by atoms with van der Waals surface area (Å²) in [6.45, 7) is 9.21. The van der Waals surface area contributed by atoms with E-state index in [2.05, 4.69) is 26.1 Å². The summed E-state index contributed by atoms with van der Waals surface area (Å²) < 4.78 is 5.55. The van der Waals surface area contributed by atoms with Gasteiger partial charge in [0.05, 0.1) is 12.2 Å². The van der Waals surface area contributed by atoms with Gasteiger partial charge in [0.1, 0.15) is 0 Å². The smallest absolute Gasteiger partial charge is 0.0599 e. The van der Waals surface area contributed by atoms with E-state index in [4.69, 9.17) is 9.84 Å². The lowest BCUT2D eigenvalue weighted by Crippen LogP contribution is -2.27. The highest BCUT2D eigenvalue weighted by Crippen LogP contribution is 2.04. The Morgan fingerprint density at radius 2 is 1.79 bits per heavy atom. The molecule has 0 rings (SSSR count). The van der Waals surface area contributed by atoms with Gasteiger partial charge in [-0.05, 0) is 46.6 Å². The van der Waals surface area contributed by atoms with Crippen molar-refractivity contribution in [3.05, 3.63) is 0 Å². The molecule has 0 aromatic rings. The van der Waals surface area contributed by atoms with Crippen LogP contribution in [0.2, 0.25) is 0 Å². The van der Waals surface area contributed by atoms with E-state index in [1.165, 1.54) is 0 Å². The lowest BCUT2D eigenvalue weighted by molar-refractivity contribution is -0.000764. The molecule has 3 heteroatoms. The first-order valence-electron chi connectivity index (χ1n) is 5.52. The Morgan fingerprint density at radius 1 is 1.07 bits per heavy atom. The summed E-state index contributed by atoms with van der Waals surface area (Å²) in [7, 11) is 0. The SMILES string of the molecule is CC(C)(C)OCCNCCCCCO. The molecule has 0 saturated carbocycles. The maximum absolute atomic E-state index is 8.56. The van der Waals surface area contributed by atoms with Crippen molar-refractivity contribution in [3.8, 4) is 0 Å². The van der Waals surface area contributed by atoms with Gasteiger partial charge in [0.2, 0.25) is 0 Å². The number of aliphatic hydroxyl groups excluding tert-OH is 1. The summed E-state index contributed by atoms with van der Waals surface area (Å²) in [5.41, 5.74) is -0.0292. The zero-order valence-corrected chi connectivity index (χ0v) is 9.81. The summed E-state index contributed by atoms with van der Waals surface area (Å²) in [5.74, 6) is 0. The molecule has 2 N–H and O–H groups in total. The van der Waals surface area contributed by atoms with E-state index in [0.717, 1.165) is 39.0 Å². The summed E-state index contributed by atoms with van der Waals surface area (Å²) in [4.78, 5) is 0. The number of hydrogen-bond acceptors (Lipinski definition) is 3. The summed E-state index contributed by atoms with van der Waals surface area (Å²) in [6.07, 6.45) is 3.15. The number of ether oxygens (including phenoxy) is 1. The molecule has 0 aromatic carbocycles. The van der Waals surface area contributed by atoms with Crippen LogP contribution in [0.3, 0.4) is 0 Å². The highest BCUT2D eigenvalue weighted by molar-refractivity contribution is 4.59. The topological polar surface area (TPSA) is 41.5 Å². The molecule has 0 bridgehead atoms. The second-order valence-electron chi connectivity index (χ2n) is 4.50. The number of hydrogen-bond donors (Lipinski definition) is 2. The maximum atomic E-state index is 8.56. The van der Waals surface area contributed by atoms with Crippen LogP contribution in [0.25, 0.3) is 0 Å². The molecule has 0 saturated heterocycles. The molecule has 0 atom stereocenters. The molecule has 0 spiro atoms. The number of nitrogens with one attached hydrogen (secondary N) is 1. The summed E-state index contributed by atoms with van der Waals surface area (Å²) >= 11 is 0. The van der Waals surface area contributed by atoms with E-state index in [-0.39, 0.29) is 5.60 Å². The fourth-order valence-electron chi connectivity index (χ4n) is 1.09. The van der Waals surface area contributed by atoms with E-state index in [9.17, 15) is 0 Å². The predicted octanol–water partition coefficient (Wildman–Crippen LogP) is 1.55. The van der Waals surface area contributed by atoms with Crippen molar-refractivity contribution >= 4 is 0 Å². The van der Waals surface area contributed by atoms with Crippen molar-refractivity contribution in [2.75, 3.05) is 26.3 Å². The molecular formula is C11H25NO2. The second kappa shape index (κ2) is 8.21. The fourth-order valence-corrected chi connectivity index (χ4v) is 1.09. The van der Waals surface area contributed by atoms with E-state index in [1.807, 2.05) is 0 Å². The fraction of sp³-hybridized carbons (Fsp3) is 1.00. The van der Waals surface area contributed by atoms with E-state index < -0.39 is 0 Å². The third-order valence-electron chi connectivity index (χ3n) is 1.83. The zero-order valence-electron chi connectivity index (χ0n) is 9.81. The highest BCUT2D eigenvalue weighted by atomic mass is 16.5. The average molecular weight is 203 g/mol. The molecule has 0 fully saturated rings. The van der Waals surface area contributed by atoms with Gasteiger partial charge < -0.3 is 15.2 Å². The number of aliphatic hydroxyl groups is 1. The van der Waals surface area contributed by atoms with Gasteiger partial charge in [0.25, 0.3) is 0 Å². The lowest BCUT2D eigenvalue weighted by atomic mass is 10.2. The van der Waals surface area contributed by atoms with Gasteiger partial charge in [-0.1, -0.05) is 0 Å². The minimum atomic E-state index is -0.0292. The Bertz CT molecular complexity index is 121. The van der Waals surface area contributed by atoms with Gasteiger partial charge in [-0.25, -0.2) is 0 Å². The molecule has 0 heterocycles. The van der Waals surface area contributed by atoms with Crippen LogP contribution in [0.4, 0.5) is 0 Å². The monoisotopic (exact) mass is 203 g/mol. The minimum absolute atomic E-state index is 0.0292. The van der Waals surface area contributed by atoms with Crippen LogP contribution in [-0.2, 0) is 4.74 Å². The van der Waals surface area contributed by atoms with Crippen molar-refractivity contribution in [1.29, 1.82) is 0 Å². The van der Waals surface area contributed by atoms with E-state index in [1.54, 1.807) is 0 Å². The molecule has 14 heavy (non-hydrogen) atoms. The Kier molecular flexibility index (Phi) is 8.14. The molecular weight excluding hydrogens is 178 g/mol. The first-order valence-corrected chi connectivity index (χ1v) is 5.52. The van der Waals surface area contributed by atoms with E-state index >= 15 is 0 Å². The van der Waals surface area contributed by atoms with Gasteiger partial charge in [-0.2, -0.15) is 0 Å². The van der Waals surface area contributed by atoms with Gasteiger partial charge in [-0.3, -0.25) is 0 Å². The average Bonchev–Trinajstić information content (AvgIpc) is 2.08. The van der Waals surface area contributed by atoms with Crippen LogP contribution >= 0.6 is 0 Å². The molecule has 0 aliphatic carbocycles. The van der Waals surface area contributed by atoms with Gasteiger partial charge in [-0.15, -0.1) is 0 Å². The Morgan fingerprint density at radius 3 is 2.36 bits per heavy atom. The summed E-state index contributed by atoms with van der Waals surface area (Å²) in [5, 5.41) is 11.9. The normalized spacial score (nSPS) is 12.0. The minimum Gasteiger partial charge on any atom is -0.396 e. The van der Waals surface area contributed by atoms with E-state index in [0.29, 0.717) is 6.61 Å². The lowest BCUT2D eigenvalue weighted by Gasteiger charge is -2.19. The largest absolute Gasteiger partial charge is 0.396 e. The molecule has 0 amide bonds. The van der Waals surface area contributed by atoms with Crippen molar-refractivity contribution in [2.45, 2.75) is 45.6 Å². The summed E-state index contributed by atoms with van der Waals surface area (Å²) in [6, 6.07) is 0. The third kappa shape index (κ3) is 11.9. The predicted molar refractivity (Wildman–Crippen MR) is 59.5 cm³/mol. The van der Waals surface area contributed by atoms with Crippen LogP contribution in [0, 0.1) is 0 Å². The first-order chi connectivity index (χ1) is 6.56. The first kappa shape index (κ1) is 13.9. The maximum Gasteiger partial charge on any atom is 0.0599 e. The molecule has 0 aliphatic heterocycles. The molecule has 86 valence electrons. The third-order valence-corrected chi connectivity index (χ3v) is 1.83. The van der Waals surface area contributed by atoms with Crippen LogP contribution in [0.15, 0.2) is 0 Å². The van der Waals surface area contributed by atoms with Crippen molar-refractivity contribution in [1.82, 2.24) is 5.32 Å². The Hall–Kier alpha value is -0.120. The van der Waals surface area contributed by atoms with Gasteiger partial charge in [0, 0.05) is 13.2 Å². The Labute approximate surface area is 87.8 Å². The highest BCUT2D eigenvalue weighted by Gasteiger charge is 2.08. The molecule has 0 aliphatic rings. The second-order valence-corrected chi connectivity index (χ2v) is 4.50. The molecule has 0 radical (unpaired) electrons. The van der Waals surface area contributed by atoms with Crippen LogP contribution < -0.4 is 5.32 Å². The molecule has 0 unspecified atom stereocenters. The molecule has 0 aromatic heterocycles. The molecule has 3 nitrogen and oxygen atoms in total. The van der Waals surface area contributed by atoms with Crippen LogP contribution in [0.1, 0.15) is 40.0 Å². The number of unbranched alkanes of at least 4 members (excludes halogenated alkanes) is 2. The van der Waals surface area contributed by atoms with Crippen molar-refractivity contribution in [3.63, 3.8) is 0 Å². The zero-order chi connectivity index (χ0) is 10.9. The Balaban J connectivity index is 2.99.